The van der Waals surface area contributed by atoms with Crippen LogP contribution in [0.5, 0.6) is 0 Å². The van der Waals surface area contributed by atoms with E-state index in [2.05, 4.69) is 10.1 Å². The fourth-order valence-electron chi connectivity index (χ4n) is 1.60. The molecule has 0 spiro atoms. The van der Waals surface area contributed by atoms with Gasteiger partial charge < -0.3 is 15.0 Å². The molecule has 0 unspecified atom stereocenters. The monoisotopic (exact) mass is 184 g/mol. The Morgan fingerprint density at radius 2 is 2.23 bits per heavy atom. The van der Waals surface area contributed by atoms with Gasteiger partial charge >= 0.3 is 6.09 Å². The average Bonchev–Trinajstić information content (AvgIpc) is 2.84. The van der Waals surface area contributed by atoms with Gasteiger partial charge in [-0.25, -0.2) is 4.79 Å². The van der Waals surface area contributed by atoms with Crippen molar-refractivity contribution in [3.8, 4) is 0 Å². The molecule has 0 aromatic carbocycles. The van der Waals surface area contributed by atoms with Crippen molar-refractivity contribution in [2.24, 2.45) is 5.92 Å². The molecule has 1 amide bonds. The van der Waals surface area contributed by atoms with Crippen LogP contribution in [-0.2, 0) is 4.74 Å². The summed E-state index contributed by atoms with van der Waals surface area (Å²) < 4.78 is 4.61. The standard InChI is InChI=1S/C9H16N2O2/c1-13-9(12)11-5-7(6-11)4-10-8-2-3-8/h7-8,10H,2-6H2,1H3. The third-order valence-electron chi connectivity index (χ3n) is 2.66. The molecule has 74 valence electrons. The van der Waals surface area contributed by atoms with Gasteiger partial charge in [0.25, 0.3) is 0 Å². The molecule has 0 atom stereocenters. The molecular weight excluding hydrogens is 168 g/mol. The Bertz CT molecular complexity index is 198. The number of hydrogen-bond acceptors (Lipinski definition) is 3. The Labute approximate surface area is 78.2 Å². The first kappa shape index (κ1) is 8.81. The molecule has 0 aromatic rings. The van der Waals surface area contributed by atoms with Crippen molar-refractivity contribution in [3.05, 3.63) is 0 Å². The number of rotatable bonds is 3. The zero-order valence-electron chi connectivity index (χ0n) is 7.95. The number of carbonyl (C=O) groups is 1. The maximum absolute atomic E-state index is 11.0. The lowest BCUT2D eigenvalue weighted by molar-refractivity contribution is 0.0674. The molecule has 13 heavy (non-hydrogen) atoms. The summed E-state index contributed by atoms with van der Waals surface area (Å²) in [7, 11) is 1.43. The van der Waals surface area contributed by atoms with Gasteiger partial charge in [-0.3, -0.25) is 0 Å². The third-order valence-corrected chi connectivity index (χ3v) is 2.66. The summed E-state index contributed by atoms with van der Waals surface area (Å²) in [5.41, 5.74) is 0. The van der Waals surface area contributed by atoms with Crippen LogP contribution in [0, 0.1) is 5.92 Å². The fraction of sp³-hybridized carbons (Fsp3) is 0.889. The highest BCUT2D eigenvalue weighted by Crippen LogP contribution is 2.21. The van der Waals surface area contributed by atoms with E-state index in [1.807, 2.05) is 0 Å². The van der Waals surface area contributed by atoms with Crippen LogP contribution in [-0.4, -0.2) is 43.8 Å². The molecule has 2 fully saturated rings. The van der Waals surface area contributed by atoms with Crippen LogP contribution in [0.2, 0.25) is 0 Å². The van der Waals surface area contributed by atoms with E-state index < -0.39 is 0 Å². The van der Waals surface area contributed by atoms with E-state index in [9.17, 15) is 4.79 Å². The lowest BCUT2D eigenvalue weighted by atomic mass is 10.0. The topological polar surface area (TPSA) is 41.6 Å². The second-order valence-electron chi connectivity index (χ2n) is 3.92. The first-order valence-electron chi connectivity index (χ1n) is 4.86. The van der Waals surface area contributed by atoms with Crippen molar-refractivity contribution >= 4 is 6.09 Å². The molecule has 1 aliphatic heterocycles. The number of likely N-dealkylation sites (tertiary alicyclic amines) is 1. The molecule has 2 rings (SSSR count). The van der Waals surface area contributed by atoms with Gasteiger partial charge in [0.15, 0.2) is 0 Å². The molecule has 1 N–H and O–H groups in total. The molecule has 0 aromatic heterocycles. The van der Waals surface area contributed by atoms with Crippen molar-refractivity contribution in [3.63, 3.8) is 0 Å². The molecule has 4 nitrogen and oxygen atoms in total. The molecule has 2 aliphatic rings. The van der Waals surface area contributed by atoms with Gasteiger partial charge in [0.1, 0.15) is 0 Å². The predicted molar refractivity (Wildman–Crippen MR) is 48.5 cm³/mol. The number of carbonyl (C=O) groups excluding carboxylic acids is 1. The second kappa shape index (κ2) is 3.54. The maximum atomic E-state index is 11.0. The summed E-state index contributed by atoms with van der Waals surface area (Å²) >= 11 is 0. The van der Waals surface area contributed by atoms with E-state index in [4.69, 9.17) is 0 Å². The van der Waals surface area contributed by atoms with Gasteiger partial charge in [0.2, 0.25) is 0 Å². The van der Waals surface area contributed by atoms with Crippen LogP contribution in [0.15, 0.2) is 0 Å². The molecule has 1 aliphatic carbocycles. The summed E-state index contributed by atoms with van der Waals surface area (Å²) in [6.07, 6.45) is 2.46. The van der Waals surface area contributed by atoms with E-state index in [1.165, 1.54) is 20.0 Å². The average molecular weight is 184 g/mol. The van der Waals surface area contributed by atoms with Gasteiger partial charge in [-0.05, 0) is 12.8 Å². The summed E-state index contributed by atoms with van der Waals surface area (Å²) in [5, 5.41) is 3.46. The summed E-state index contributed by atoms with van der Waals surface area (Å²) in [6, 6.07) is 0.771. The Hall–Kier alpha value is -0.770. The lowest BCUT2D eigenvalue weighted by Crippen LogP contribution is -2.53. The fourth-order valence-corrected chi connectivity index (χ4v) is 1.60. The summed E-state index contributed by atoms with van der Waals surface area (Å²) in [4.78, 5) is 12.7. The van der Waals surface area contributed by atoms with E-state index in [1.54, 1.807) is 4.90 Å². The molecular formula is C9H16N2O2. The Balaban J connectivity index is 1.57. The minimum Gasteiger partial charge on any atom is -0.453 e. The SMILES string of the molecule is COC(=O)N1CC(CNC2CC2)C1. The number of nitrogens with zero attached hydrogens (tertiary/aromatic N) is 1. The number of hydrogen-bond donors (Lipinski definition) is 1. The molecule has 0 radical (unpaired) electrons. The van der Waals surface area contributed by atoms with Crippen molar-refractivity contribution in [1.82, 2.24) is 10.2 Å². The van der Waals surface area contributed by atoms with E-state index in [0.29, 0.717) is 5.92 Å². The lowest BCUT2D eigenvalue weighted by Gasteiger charge is -2.38. The Morgan fingerprint density at radius 3 is 2.77 bits per heavy atom. The van der Waals surface area contributed by atoms with Crippen LogP contribution in [0.4, 0.5) is 4.79 Å². The van der Waals surface area contributed by atoms with Crippen LogP contribution in [0.25, 0.3) is 0 Å². The summed E-state index contributed by atoms with van der Waals surface area (Å²) in [5.74, 6) is 0.639. The molecule has 4 heteroatoms. The Kier molecular flexibility index (Phi) is 2.40. The van der Waals surface area contributed by atoms with Gasteiger partial charge in [0, 0.05) is 31.6 Å². The van der Waals surface area contributed by atoms with Crippen molar-refractivity contribution in [2.45, 2.75) is 18.9 Å². The van der Waals surface area contributed by atoms with Crippen molar-refractivity contribution < 1.29 is 9.53 Å². The van der Waals surface area contributed by atoms with E-state index >= 15 is 0 Å². The number of amides is 1. The Morgan fingerprint density at radius 1 is 1.54 bits per heavy atom. The number of ether oxygens (including phenoxy) is 1. The third kappa shape index (κ3) is 2.12. The van der Waals surface area contributed by atoms with Gasteiger partial charge in [-0.1, -0.05) is 0 Å². The van der Waals surface area contributed by atoms with Gasteiger partial charge in [0.05, 0.1) is 7.11 Å². The number of nitrogens with one attached hydrogen (secondary N) is 1. The van der Waals surface area contributed by atoms with Crippen LogP contribution in [0.1, 0.15) is 12.8 Å². The van der Waals surface area contributed by atoms with E-state index in [-0.39, 0.29) is 6.09 Å². The first-order chi connectivity index (χ1) is 6.29. The smallest absolute Gasteiger partial charge is 0.409 e. The summed E-state index contributed by atoms with van der Waals surface area (Å²) in [6.45, 7) is 2.76. The van der Waals surface area contributed by atoms with Crippen LogP contribution in [0.3, 0.4) is 0 Å². The van der Waals surface area contributed by atoms with Gasteiger partial charge in [-0.2, -0.15) is 0 Å². The largest absolute Gasteiger partial charge is 0.453 e. The van der Waals surface area contributed by atoms with Crippen molar-refractivity contribution in [2.75, 3.05) is 26.7 Å². The van der Waals surface area contributed by atoms with Crippen LogP contribution < -0.4 is 5.32 Å². The van der Waals surface area contributed by atoms with Crippen molar-refractivity contribution in [1.29, 1.82) is 0 Å². The first-order valence-corrected chi connectivity index (χ1v) is 4.86. The predicted octanol–water partition coefficient (Wildman–Crippen LogP) is 0.437. The molecule has 0 bridgehead atoms. The number of methoxy groups -OCH3 is 1. The minimum atomic E-state index is -0.192. The highest BCUT2D eigenvalue weighted by molar-refractivity contribution is 5.68. The zero-order chi connectivity index (χ0) is 9.26. The highest BCUT2D eigenvalue weighted by Gasteiger charge is 2.32. The molecule has 1 saturated carbocycles. The molecule has 1 saturated heterocycles. The second-order valence-corrected chi connectivity index (χ2v) is 3.92. The quantitative estimate of drug-likeness (QED) is 0.692. The van der Waals surface area contributed by atoms with E-state index in [0.717, 1.165) is 25.7 Å². The normalized spacial score (nSPS) is 22.7. The highest BCUT2D eigenvalue weighted by atomic mass is 16.5. The maximum Gasteiger partial charge on any atom is 0.409 e. The zero-order valence-corrected chi connectivity index (χ0v) is 7.95. The van der Waals surface area contributed by atoms with Gasteiger partial charge in [-0.15, -0.1) is 0 Å². The molecule has 1 heterocycles. The minimum absolute atomic E-state index is 0.192. The van der Waals surface area contributed by atoms with Crippen LogP contribution >= 0.6 is 0 Å².